The Morgan fingerprint density at radius 1 is 1.10 bits per heavy atom. The molecule has 0 aliphatic heterocycles. The maximum Gasteiger partial charge on any atom is 0.272 e. The fraction of sp³-hybridized carbons (Fsp3) is 0.0476. The van der Waals surface area contributed by atoms with E-state index in [0.29, 0.717) is 21.9 Å². The lowest BCUT2D eigenvalue weighted by molar-refractivity contribution is -0.384. The zero-order chi connectivity index (χ0) is 21.5. The summed E-state index contributed by atoms with van der Waals surface area (Å²) in [6.45, 7) is 0. The number of methoxy groups -OCH3 is 1. The van der Waals surface area contributed by atoms with Crippen molar-refractivity contribution in [1.29, 1.82) is 0 Å². The topological polar surface area (TPSA) is 111 Å². The average molecular weight is 423 g/mol. The van der Waals surface area contributed by atoms with E-state index in [1.165, 1.54) is 42.7 Å². The number of hydrogen-bond donors (Lipinski definition) is 2. The zero-order valence-corrected chi connectivity index (χ0v) is 16.6. The number of amides is 2. The van der Waals surface area contributed by atoms with Gasteiger partial charge in [-0.15, -0.1) is 11.3 Å². The SMILES string of the molecule is COc1ccc(NC(=O)/C(=C\c2cccc([N+](=O)[O-])c2)NC(=O)c2cccs2)cc1. The Morgan fingerprint density at radius 3 is 2.50 bits per heavy atom. The van der Waals surface area contributed by atoms with Crippen LogP contribution in [0.1, 0.15) is 15.2 Å². The molecular formula is C21H17N3O5S. The number of benzene rings is 2. The van der Waals surface area contributed by atoms with Crippen LogP contribution in [0.3, 0.4) is 0 Å². The third-order valence-electron chi connectivity index (χ3n) is 3.98. The van der Waals surface area contributed by atoms with E-state index < -0.39 is 16.7 Å². The van der Waals surface area contributed by atoms with Crippen molar-refractivity contribution in [3.63, 3.8) is 0 Å². The van der Waals surface area contributed by atoms with Gasteiger partial charge in [0, 0.05) is 17.8 Å². The summed E-state index contributed by atoms with van der Waals surface area (Å²) in [7, 11) is 1.54. The molecule has 3 rings (SSSR count). The quantitative estimate of drug-likeness (QED) is 0.338. The molecule has 30 heavy (non-hydrogen) atoms. The monoisotopic (exact) mass is 423 g/mol. The number of nitrogens with one attached hydrogen (secondary N) is 2. The molecule has 1 aromatic heterocycles. The molecule has 8 nitrogen and oxygen atoms in total. The van der Waals surface area contributed by atoms with Gasteiger partial charge in [0.1, 0.15) is 11.4 Å². The van der Waals surface area contributed by atoms with E-state index >= 15 is 0 Å². The number of ether oxygens (including phenoxy) is 1. The minimum absolute atomic E-state index is 0.0512. The van der Waals surface area contributed by atoms with Crippen molar-refractivity contribution in [1.82, 2.24) is 5.32 Å². The second-order valence-corrected chi connectivity index (χ2v) is 6.97. The second-order valence-electron chi connectivity index (χ2n) is 6.02. The Hall–Kier alpha value is -3.98. The molecule has 9 heteroatoms. The maximum absolute atomic E-state index is 12.8. The summed E-state index contributed by atoms with van der Waals surface area (Å²) >= 11 is 1.23. The molecule has 152 valence electrons. The van der Waals surface area contributed by atoms with Crippen molar-refractivity contribution in [2.24, 2.45) is 0 Å². The van der Waals surface area contributed by atoms with Gasteiger partial charge in [0.15, 0.2) is 0 Å². The summed E-state index contributed by atoms with van der Waals surface area (Å²) in [4.78, 5) is 36.2. The number of hydrogen-bond acceptors (Lipinski definition) is 6. The Labute approximate surface area is 176 Å². The molecule has 2 N–H and O–H groups in total. The highest BCUT2D eigenvalue weighted by molar-refractivity contribution is 7.12. The second kappa shape index (κ2) is 9.48. The first kappa shape index (κ1) is 20.7. The Kier molecular flexibility index (Phi) is 6.56. The summed E-state index contributed by atoms with van der Waals surface area (Å²) in [6.07, 6.45) is 1.39. The number of non-ortho nitro benzene ring substituents is 1. The van der Waals surface area contributed by atoms with E-state index in [-0.39, 0.29) is 11.4 Å². The van der Waals surface area contributed by atoms with Crippen LogP contribution in [0.25, 0.3) is 6.08 Å². The van der Waals surface area contributed by atoms with E-state index in [4.69, 9.17) is 4.74 Å². The summed E-state index contributed by atoms with van der Waals surface area (Å²) in [5.41, 5.74) is 0.722. The molecule has 0 saturated heterocycles. The number of anilines is 1. The largest absolute Gasteiger partial charge is 0.497 e. The summed E-state index contributed by atoms with van der Waals surface area (Å²) in [6, 6.07) is 15.8. The van der Waals surface area contributed by atoms with Gasteiger partial charge >= 0.3 is 0 Å². The number of carbonyl (C=O) groups excluding carboxylic acids is 2. The summed E-state index contributed by atoms with van der Waals surface area (Å²) < 4.78 is 5.09. The number of nitrogens with zero attached hydrogens (tertiary/aromatic N) is 1. The molecule has 0 radical (unpaired) electrons. The van der Waals surface area contributed by atoms with Crippen molar-refractivity contribution in [3.05, 3.63) is 92.3 Å². The van der Waals surface area contributed by atoms with Crippen LogP contribution in [0, 0.1) is 10.1 Å². The van der Waals surface area contributed by atoms with E-state index in [1.54, 1.807) is 47.8 Å². The molecule has 2 aromatic carbocycles. The first-order valence-electron chi connectivity index (χ1n) is 8.72. The molecule has 3 aromatic rings. The zero-order valence-electron chi connectivity index (χ0n) is 15.8. The van der Waals surface area contributed by atoms with Crippen LogP contribution in [-0.2, 0) is 4.79 Å². The van der Waals surface area contributed by atoms with Gasteiger partial charge in [-0.25, -0.2) is 0 Å². The van der Waals surface area contributed by atoms with Gasteiger partial charge < -0.3 is 15.4 Å². The molecule has 0 bridgehead atoms. The van der Waals surface area contributed by atoms with E-state index in [9.17, 15) is 19.7 Å². The third kappa shape index (κ3) is 5.30. The van der Waals surface area contributed by atoms with Crippen LogP contribution in [0.2, 0.25) is 0 Å². The van der Waals surface area contributed by atoms with Gasteiger partial charge in [-0.1, -0.05) is 18.2 Å². The minimum Gasteiger partial charge on any atom is -0.497 e. The number of nitro benzene ring substituents is 1. The van der Waals surface area contributed by atoms with Crippen LogP contribution in [-0.4, -0.2) is 23.8 Å². The lowest BCUT2D eigenvalue weighted by Gasteiger charge is -2.11. The van der Waals surface area contributed by atoms with Gasteiger partial charge in [0.25, 0.3) is 17.5 Å². The van der Waals surface area contributed by atoms with Crippen LogP contribution in [0.5, 0.6) is 5.75 Å². The molecular weight excluding hydrogens is 406 g/mol. The highest BCUT2D eigenvalue weighted by Gasteiger charge is 2.16. The lowest BCUT2D eigenvalue weighted by Crippen LogP contribution is -2.30. The Balaban J connectivity index is 1.89. The first-order chi connectivity index (χ1) is 14.5. The van der Waals surface area contributed by atoms with Gasteiger partial charge in [0.2, 0.25) is 0 Å². The number of nitro groups is 1. The van der Waals surface area contributed by atoms with E-state index in [2.05, 4.69) is 10.6 Å². The van der Waals surface area contributed by atoms with Crippen LogP contribution in [0.15, 0.2) is 71.7 Å². The van der Waals surface area contributed by atoms with Crippen molar-refractivity contribution < 1.29 is 19.2 Å². The van der Waals surface area contributed by atoms with Crippen LogP contribution in [0.4, 0.5) is 11.4 Å². The standard InChI is InChI=1S/C21H17N3O5S/c1-29-17-9-7-15(8-10-17)22-20(25)18(23-21(26)19-6-3-11-30-19)13-14-4-2-5-16(12-14)24(27)28/h2-13H,1H3,(H,22,25)(H,23,26)/b18-13+. The highest BCUT2D eigenvalue weighted by Crippen LogP contribution is 2.18. The fourth-order valence-electron chi connectivity index (χ4n) is 2.52. The summed E-state index contributed by atoms with van der Waals surface area (Å²) in [5, 5.41) is 18.1. The molecule has 0 saturated carbocycles. The van der Waals surface area contributed by atoms with Crippen molar-refractivity contribution in [2.45, 2.75) is 0 Å². The van der Waals surface area contributed by atoms with Crippen molar-refractivity contribution >= 4 is 40.6 Å². The van der Waals surface area contributed by atoms with Crippen LogP contribution < -0.4 is 15.4 Å². The predicted molar refractivity (Wildman–Crippen MR) is 114 cm³/mol. The molecule has 2 amide bonds. The third-order valence-corrected chi connectivity index (χ3v) is 4.85. The van der Waals surface area contributed by atoms with E-state index in [1.807, 2.05) is 0 Å². The van der Waals surface area contributed by atoms with Gasteiger partial charge in [0.05, 0.1) is 16.9 Å². The minimum atomic E-state index is -0.573. The molecule has 0 aliphatic carbocycles. The van der Waals surface area contributed by atoms with E-state index in [0.717, 1.165) is 0 Å². The van der Waals surface area contributed by atoms with Gasteiger partial charge in [-0.3, -0.25) is 19.7 Å². The highest BCUT2D eigenvalue weighted by atomic mass is 32.1. The fourth-order valence-corrected chi connectivity index (χ4v) is 3.14. The normalized spacial score (nSPS) is 10.9. The molecule has 0 unspecified atom stereocenters. The predicted octanol–water partition coefficient (Wildman–Crippen LogP) is 4.07. The Bertz CT molecular complexity index is 1090. The summed E-state index contributed by atoms with van der Waals surface area (Å²) in [5.74, 6) is -0.394. The first-order valence-corrected chi connectivity index (χ1v) is 9.60. The smallest absolute Gasteiger partial charge is 0.272 e. The maximum atomic E-state index is 12.8. The van der Waals surface area contributed by atoms with Gasteiger partial charge in [-0.05, 0) is 47.4 Å². The van der Waals surface area contributed by atoms with Crippen molar-refractivity contribution in [3.8, 4) is 5.75 Å². The molecule has 0 aliphatic rings. The molecule has 0 fully saturated rings. The Morgan fingerprint density at radius 2 is 1.87 bits per heavy atom. The molecule has 0 atom stereocenters. The van der Waals surface area contributed by atoms with Crippen molar-refractivity contribution in [2.75, 3.05) is 12.4 Å². The number of carbonyl (C=O) groups is 2. The van der Waals surface area contributed by atoms with Gasteiger partial charge in [-0.2, -0.15) is 0 Å². The molecule has 1 heterocycles. The molecule has 0 spiro atoms. The lowest BCUT2D eigenvalue weighted by atomic mass is 10.1. The number of rotatable bonds is 7. The number of thiophene rings is 1. The average Bonchev–Trinajstić information content (AvgIpc) is 3.29. The van der Waals surface area contributed by atoms with Crippen LogP contribution >= 0.6 is 11.3 Å².